The zero-order valence-corrected chi connectivity index (χ0v) is 23.9. The van der Waals surface area contributed by atoms with Gasteiger partial charge in [0.25, 0.3) is 5.91 Å². The third-order valence-electron chi connectivity index (χ3n) is 7.23. The molecule has 3 aromatic heterocycles. The molecule has 1 saturated heterocycles. The number of hydrogen-bond donors (Lipinski definition) is 2. The van der Waals surface area contributed by atoms with Crippen LogP contribution in [0.4, 0.5) is 11.4 Å². The monoisotopic (exact) mass is 565 g/mol. The number of amides is 1. The number of thiazole rings is 1. The van der Waals surface area contributed by atoms with Crippen LogP contribution in [-0.4, -0.2) is 71.5 Å². The molecule has 40 heavy (non-hydrogen) atoms. The lowest BCUT2D eigenvalue weighted by atomic mass is 10.0. The van der Waals surface area contributed by atoms with Gasteiger partial charge in [0.1, 0.15) is 17.0 Å². The summed E-state index contributed by atoms with van der Waals surface area (Å²) in [4.78, 5) is 37.5. The molecule has 1 aliphatic heterocycles. The first-order valence-corrected chi connectivity index (χ1v) is 14.4. The van der Waals surface area contributed by atoms with Gasteiger partial charge in [-0.05, 0) is 37.0 Å². The van der Waals surface area contributed by atoms with Crippen LogP contribution in [-0.2, 0) is 11.8 Å². The number of hydrogen-bond acceptors (Lipinski definition) is 9. The average molecular weight is 566 g/mol. The van der Waals surface area contributed by atoms with E-state index in [1.807, 2.05) is 24.3 Å². The highest BCUT2D eigenvalue weighted by molar-refractivity contribution is 7.12. The number of pyridine rings is 1. The number of benzene rings is 1. The average Bonchev–Trinajstić information content (AvgIpc) is 3.57. The predicted octanol–water partition coefficient (Wildman–Crippen LogP) is 3.28. The van der Waals surface area contributed by atoms with Crippen LogP contribution in [0, 0.1) is 5.92 Å². The largest absolute Gasteiger partial charge is 0.491 e. The Hall–Kier alpha value is -3.74. The summed E-state index contributed by atoms with van der Waals surface area (Å²) < 4.78 is 14.5. The number of para-hydroxylation sites is 1. The van der Waals surface area contributed by atoms with E-state index >= 15 is 0 Å². The Morgan fingerprint density at radius 3 is 2.85 bits per heavy atom. The van der Waals surface area contributed by atoms with Crippen molar-refractivity contribution in [3.63, 3.8) is 0 Å². The van der Waals surface area contributed by atoms with Gasteiger partial charge in [0, 0.05) is 58.5 Å². The fourth-order valence-corrected chi connectivity index (χ4v) is 5.71. The molecule has 1 aromatic carbocycles. The summed E-state index contributed by atoms with van der Waals surface area (Å²) in [6.07, 6.45) is 5.25. The van der Waals surface area contributed by atoms with Gasteiger partial charge in [-0.2, -0.15) is 0 Å². The van der Waals surface area contributed by atoms with Gasteiger partial charge in [0.2, 0.25) is 0 Å². The van der Waals surface area contributed by atoms with Crippen molar-refractivity contribution in [3.05, 3.63) is 58.2 Å². The Morgan fingerprint density at radius 2 is 2.08 bits per heavy atom. The Bertz CT molecular complexity index is 1520. The van der Waals surface area contributed by atoms with Crippen molar-refractivity contribution in [2.24, 2.45) is 13.0 Å². The number of aryl methyl sites for hydroxylation is 1. The van der Waals surface area contributed by atoms with E-state index in [4.69, 9.17) is 9.47 Å². The first kappa shape index (κ1) is 27.8. The van der Waals surface area contributed by atoms with Crippen LogP contribution in [0.5, 0.6) is 5.75 Å². The number of rotatable bonds is 11. The minimum Gasteiger partial charge on any atom is -0.491 e. The summed E-state index contributed by atoms with van der Waals surface area (Å²) in [6.45, 7) is 6.79. The van der Waals surface area contributed by atoms with Crippen molar-refractivity contribution >= 4 is 39.7 Å². The van der Waals surface area contributed by atoms with Gasteiger partial charge in [-0.25, -0.2) is 14.3 Å². The van der Waals surface area contributed by atoms with Gasteiger partial charge in [-0.1, -0.05) is 13.0 Å². The summed E-state index contributed by atoms with van der Waals surface area (Å²) in [5.74, 6) is 0.630. The highest BCUT2D eigenvalue weighted by Gasteiger charge is 2.22. The van der Waals surface area contributed by atoms with E-state index < -0.39 is 0 Å². The molecule has 0 aliphatic carbocycles. The third-order valence-corrected chi connectivity index (χ3v) is 8.06. The molecule has 0 radical (unpaired) electrons. The number of carbonyl (C=O) groups excluding carboxylic acids is 1. The lowest BCUT2D eigenvalue weighted by Crippen LogP contribution is -2.43. The molecule has 1 aliphatic rings. The van der Waals surface area contributed by atoms with E-state index in [9.17, 15) is 9.59 Å². The second-order valence-electron chi connectivity index (χ2n) is 9.77. The number of nitrogens with zero attached hydrogens (tertiary/aromatic N) is 5. The van der Waals surface area contributed by atoms with E-state index in [1.54, 1.807) is 36.5 Å². The lowest BCUT2D eigenvalue weighted by Gasteiger charge is -2.30. The standard InChI is InChI=1S/C28H35N7O4S/c1-4-19(9-15-38-3)17-39-24-7-5-6-23-25(24)33(2)28(37)35(23)27-32-21(18-40-27)26(36)31-20-16-30-10-8-22(20)34-13-11-29-12-14-34/h5-8,10,16,18-19,29H,4,9,11-15,17H2,1-3H3,(H,31,36). The van der Waals surface area contributed by atoms with Crippen molar-refractivity contribution in [2.75, 3.05) is 56.7 Å². The molecule has 2 N–H and O–H groups in total. The van der Waals surface area contributed by atoms with Gasteiger partial charge in [0.15, 0.2) is 5.13 Å². The summed E-state index contributed by atoms with van der Waals surface area (Å²) in [5, 5.41) is 8.38. The maximum Gasteiger partial charge on any atom is 0.335 e. The third kappa shape index (κ3) is 5.74. The summed E-state index contributed by atoms with van der Waals surface area (Å²) in [5.41, 5.74) is 2.88. The molecular formula is C28H35N7O4S. The van der Waals surface area contributed by atoms with Gasteiger partial charge < -0.3 is 25.0 Å². The Morgan fingerprint density at radius 1 is 1.25 bits per heavy atom. The van der Waals surface area contributed by atoms with E-state index in [2.05, 4.69) is 32.4 Å². The minimum absolute atomic E-state index is 0.232. The number of ether oxygens (including phenoxy) is 2. The van der Waals surface area contributed by atoms with E-state index in [0.717, 1.165) is 44.7 Å². The van der Waals surface area contributed by atoms with Crippen LogP contribution in [0.2, 0.25) is 0 Å². The second-order valence-corrected chi connectivity index (χ2v) is 10.6. The van der Waals surface area contributed by atoms with Crippen molar-refractivity contribution in [3.8, 4) is 10.9 Å². The molecule has 0 bridgehead atoms. The molecule has 5 rings (SSSR count). The maximum absolute atomic E-state index is 13.4. The van der Waals surface area contributed by atoms with Crippen LogP contribution in [0.1, 0.15) is 30.3 Å². The fourth-order valence-electron chi connectivity index (χ4n) is 4.90. The first-order chi connectivity index (χ1) is 19.5. The Labute approximate surface area is 236 Å². The lowest BCUT2D eigenvalue weighted by molar-refractivity contribution is 0.102. The van der Waals surface area contributed by atoms with Crippen LogP contribution >= 0.6 is 11.3 Å². The number of piperazine rings is 1. The van der Waals surface area contributed by atoms with Crippen LogP contribution in [0.15, 0.2) is 46.8 Å². The highest BCUT2D eigenvalue weighted by Crippen LogP contribution is 2.29. The number of anilines is 2. The van der Waals surface area contributed by atoms with Crippen molar-refractivity contribution in [1.29, 1.82) is 0 Å². The molecule has 4 aromatic rings. The molecular weight excluding hydrogens is 530 g/mol. The van der Waals surface area contributed by atoms with Crippen LogP contribution in [0.3, 0.4) is 0 Å². The summed E-state index contributed by atoms with van der Waals surface area (Å²) in [6, 6.07) is 7.51. The Kier molecular flexibility index (Phi) is 8.78. The molecule has 4 heterocycles. The molecule has 12 heteroatoms. The predicted molar refractivity (Wildman–Crippen MR) is 157 cm³/mol. The maximum atomic E-state index is 13.4. The smallest absolute Gasteiger partial charge is 0.335 e. The molecule has 1 amide bonds. The zero-order chi connectivity index (χ0) is 28.1. The molecule has 1 atom stereocenters. The van der Waals surface area contributed by atoms with Gasteiger partial charge in [-0.3, -0.25) is 14.3 Å². The number of methoxy groups -OCH3 is 1. The number of carbonyl (C=O) groups is 1. The number of fused-ring (bicyclic) bond motifs is 1. The normalized spacial score (nSPS) is 14.4. The van der Waals surface area contributed by atoms with Gasteiger partial charge in [0.05, 0.1) is 29.7 Å². The summed E-state index contributed by atoms with van der Waals surface area (Å²) >= 11 is 1.24. The molecule has 212 valence electrons. The molecule has 1 unspecified atom stereocenters. The van der Waals surface area contributed by atoms with Crippen molar-refractivity contribution < 1.29 is 14.3 Å². The SMILES string of the molecule is CCC(CCOC)COc1cccc2c1n(C)c(=O)n2-c1nc(C(=O)Nc2cnccc2N2CCNCC2)cs1. The molecule has 0 saturated carbocycles. The molecule has 1 fully saturated rings. The number of aromatic nitrogens is 4. The fraction of sp³-hybridized carbons (Fsp3) is 0.429. The highest BCUT2D eigenvalue weighted by atomic mass is 32.1. The van der Waals surface area contributed by atoms with Crippen molar-refractivity contribution in [1.82, 2.24) is 24.4 Å². The Balaban J connectivity index is 1.39. The minimum atomic E-state index is -0.356. The van der Waals surface area contributed by atoms with Crippen LogP contribution in [0.25, 0.3) is 16.2 Å². The second kappa shape index (κ2) is 12.6. The van der Waals surface area contributed by atoms with E-state index in [-0.39, 0.29) is 17.3 Å². The number of nitrogens with one attached hydrogen (secondary N) is 2. The van der Waals surface area contributed by atoms with E-state index in [1.165, 1.54) is 15.9 Å². The number of imidazole rings is 1. The van der Waals surface area contributed by atoms with Gasteiger partial charge in [-0.15, -0.1) is 11.3 Å². The van der Waals surface area contributed by atoms with E-state index in [0.29, 0.717) is 46.7 Å². The molecule has 0 spiro atoms. The van der Waals surface area contributed by atoms with Crippen molar-refractivity contribution in [2.45, 2.75) is 19.8 Å². The first-order valence-electron chi connectivity index (χ1n) is 13.5. The molecule has 11 nitrogen and oxygen atoms in total. The quantitative estimate of drug-likeness (QED) is 0.285. The van der Waals surface area contributed by atoms with Crippen LogP contribution < -0.4 is 26.0 Å². The summed E-state index contributed by atoms with van der Waals surface area (Å²) in [7, 11) is 3.42. The zero-order valence-electron chi connectivity index (χ0n) is 23.1. The van der Waals surface area contributed by atoms with Gasteiger partial charge >= 0.3 is 5.69 Å². The topological polar surface area (TPSA) is 116 Å².